The lowest BCUT2D eigenvalue weighted by atomic mass is 10.1. The van der Waals surface area contributed by atoms with Crippen LogP contribution in [0.15, 0.2) is 41.4 Å². The molecule has 2 heterocycles. The van der Waals surface area contributed by atoms with Crippen LogP contribution in [-0.4, -0.2) is 29.9 Å². The Kier molecular flexibility index (Phi) is 5.41. The Morgan fingerprint density at radius 1 is 1.23 bits per heavy atom. The van der Waals surface area contributed by atoms with Gasteiger partial charge in [-0.05, 0) is 44.0 Å². The number of aryl methyl sites for hydroxylation is 1. The van der Waals surface area contributed by atoms with Crippen molar-refractivity contribution in [2.75, 3.05) is 18.4 Å². The first-order chi connectivity index (χ1) is 12.6. The van der Waals surface area contributed by atoms with Gasteiger partial charge in [-0.1, -0.05) is 25.1 Å². The minimum atomic E-state index is -0.0635. The highest BCUT2D eigenvalue weighted by atomic mass is 16.1. The quantitative estimate of drug-likeness (QED) is 0.668. The lowest BCUT2D eigenvalue weighted by Crippen LogP contribution is -2.32. The number of aliphatic imine (C=N–C) groups is 1. The monoisotopic (exact) mass is 351 g/mol. The molecule has 3 rings (SSSR count). The molecule has 0 spiro atoms. The molecule has 1 aromatic carbocycles. The van der Waals surface area contributed by atoms with Gasteiger partial charge in [-0.3, -0.25) is 4.79 Å². The standard InChI is InChI=1S/C20H25N5O/c1-4-11-21-19(26)18-13(2)17(14(3)23-18)16-10-12-22-20(25-16)24-15-8-6-5-7-9-15/h5-10,23H,4,11-12H2,1-3H3,(H,21,26)(H2,22,24,25). The number of H-pyrrole nitrogens is 1. The lowest BCUT2D eigenvalue weighted by Gasteiger charge is -2.19. The van der Waals surface area contributed by atoms with E-state index in [0.29, 0.717) is 24.7 Å². The molecular weight excluding hydrogens is 326 g/mol. The molecule has 0 saturated heterocycles. The minimum Gasteiger partial charge on any atom is -0.354 e. The first kappa shape index (κ1) is 17.8. The topological polar surface area (TPSA) is 81.3 Å². The van der Waals surface area contributed by atoms with Crippen LogP contribution in [0, 0.1) is 13.8 Å². The number of amides is 1. The van der Waals surface area contributed by atoms with Gasteiger partial charge in [0.05, 0.1) is 6.54 Å². The summed E-state index contributed by atoms with van der Waals surface area (Å²) in [4.78, 5) is 20.1. The molecule has 0 bridgehead atoms. The number of aromatic nitrogens is 1. The van der Waals surface area contributed by atoms with Gasteiger partial charge >= 0.3 is 0 Å². The van der Waals surface area contributed by atoms with E-state index >= 15 is 0 Å². The minimum absolute atomic E-state index is 0.0635. The van der Waals surface area contributed by atoms with Crippen molar-refractivity contribution in [3.8, 4) is 0 Å². The molecule has 1 aromatic heterocycles. The van der Waals surface area contributed by atoms with E-state index in [2.05, 4.69) is 25.9 Å². The Hall–Kier alpha value is -3.02. The van der Waals surface area contributed by atoms with Gasteiger partial charge in [0, 0.05) is 29.2 Å². The first-order valence-corrected chi connectivity index (χ1v) is 8.91. The Bertz CT molecular complexity index is 849. The van der Waals surface area contributed by atoms with Crippen LogP contribution in [0.25, 0.3) is 5.70 Å². The number of hydrogen-bond donors (Lipinski definition) is 4. The van der Waals surface area contributed by atoms with Crippen LogP contribution in [-0.2, 0) is 0 Å². The Labute approximate surface area is 153 Å². The molecule has 0 unspecified atom stereocenters. The molecule has 0 aliphatic carbocycles. The molecule has 0 fully saturated rings. The smallest absolute Gasteiger partial charge is 0.268 e. The lowest BCUT2D eigenvalue weighted by molar-refractivity contribution is 0.0948. The van der Waals surface area contributed by atoms with E-state index in [1.54, 1.807) is 0 Å². The van der Waals surface area contributed by atoms with Gasteiger partial charge in [0.25, 0.3) is 5.91 Å². The number of nitrogens with zero attached hydrogens (tertiary/aromatic N) is 1. The molecule has 0 saturated carbocycles. The maximum Gasteiger partial charge on any atom is 0.268 e. The summed E-state index contributed by atoms with van der Waals surface area (Å²) in [6, 6.07) is 9.91. The molecule has 0 atom stereocenters. The number of hydrogen-bond acceptors (Lipinski definition) is 4. The van der Waals surface area contributed by atoms with Gasteiger partial charge < -0.3 is 20.9 Å². The average molecular weight is 351 g/mol. The third kappa shape index (κ3) is 3.79. The number of rotatable bonds is 5. The largest absolute Gasteiger partial charge is 0.354 e. The predicted molar refractivity (Wildman–Crippen MR) is 106 cm³/mol. The van der Waals surface area contributed by atoms with Gasteiger partial charge in [-0.2, -0.15) is 0 Å². The highest BCUT2D eigenvalue weighted by molar-refractivity contribution is 6.02. The summed E-state index contributed by atoms with van der Waals surface area (Å²) in [7, 11) is 0. The molecular formula is C20H25N5O. The molecule has 6 heteroatoms. The highest BCUT2D eigenvalue weighted by Gasteiger charge is 2.21. The summed E-state index contributed by atoms with van der Waals surface area (Å²) in [5.74, 6) is 0.636. The number of benzene rings is 1. The van der Waals surface area contributed by atoms with Crippen molar-refractivity contribution < 1.29 is 4.79 Å². The van der Waals surface area contributed by atoms with Crippen molar-refractivity contribution in [3.63, 3.8) is 0 Å². The van der Waals surface area contributed by atoms with Crippen molar-refractivity contribution in [1.82, 2.24) is 15.6 Å². The van der Waals surface area contributed by atoms with Crippen LogP contribution in [0.5, 0.6) is 0 Å². The maximum atomic E-state index is 12.4. The fraction of sp³-hybridized carbons (Fsp3) is 0.300. The molecule has 1 amide bonds. The van der Waals surface area contributed by atoms with Crippen LogP contribution < -0.4 is 16.0 Å². The third-order valence-electron chi connectivity index (χ3n) is 4.30. The number of para-hydroxylation sites is 1. The Morgan fingerprint density at radius 3 is 2.73 bits per heavy atom. The van der Waals surface area contributed by atoms with Crippen LogP contribution >= 0.6 is 0 Å². The molecule has 1 aliphatic heterocycles. The Morgan fingerprint density at radius 2 is 2.00 bits per heavy atom. The Balaban J connectivity index is 1.78. The highest BCUT2D eigenvalue weighted by Crippen LogP contribution is 2.25. The zero-order chi connectivity index (χ0) is 18.5. The second kappa shape index (κ2) is 7.91. The van der Waals surface area contributed by atoms with Crippen molar-refractivity contribution in [2.45, 2.75) is 27.2 Å². The summed E-state index contributed by atoms with van der Waals surface area (Å²) >= 11 is 0. The summed E-state index contributed by atoms with van der Waals surface area (Å²) < 4.78 is 0. The SMILES string of the molecule is CCCNC(=O)c1[nH]c(C)c(C2=CCN=C(Nc3ccccc3)N2)c1C. The molecule has 4 N–H and O–H groups in total. The second-order valence-electron chi connectivity index (χ2n) is 6.30. The van der Waals surface area contributed by atoms with E-state index in [1.807, 2.05) is 57.2 Å². The predicted octanol–water partition coefficient (Wildman–Crippen LogP) is 3.18. The summed E-state index contributed by atoms with van der Waals surface area (Å²) in [5, 5.41) is 9.56. The first-order valence-electron chi connectivity index (χ1n) is 8.91. The number of guanidine groups is 1. The van der Waals surface area contributed by atoms with Crippen LogP contribution in [0.4, 0.5) is 5.69 Å². The second-order valence-corrected chi connectivity index (χ2v) is 6.30. The number of carbonyl (C=O) groups is 1. The number of nitrogens with one attached hydrogen (secondary N) is 4. The summed E-state index contributed by atoms with van der Waals surface area (Å²) in [6.45, 7) is 7.25. The molecule has 26 heavy (non-hydrogen) atoms. The third-order valence-corrected chi connectivity index (χ3v) is 4.30. The van der Waals surface area contributed by atoms with Crippen LogP contribution in [0.2, 0.25) is 0 Å². The van der Waals surface area contributed by atoms with Gasteiger partial charge in [0.15, 0.2) is 0 Å². The van der Waals surface area contributed by atoms with E-state index < -0.39 is 0 Å². The van der Waals surface area contributed by atoms with Crippen LogP contribution in [0.1, 0.15) is 40.7 Å². The average Bonchev–Trinajstić information content (AvgIpc) is 2.95. The normalized spacial score (nSPS) is 13.5. The van der Waals surface area contributed by atoms with Crippen molar-refractivity contribution in [2.24, 2.45) is 4.99 Å². The van der Waals surface area contributed by atoms with Gasteiger partial charge in [-0.25, -0.2) is 4.99 Å². The number of carbonyl (C=O) groups excluding carboxylic acids is 1. The van der Waals surface area contributed by atoms with E-state index in [0.717, 1.165) is 34.6 Å². The fourth-order valence-electron chi connectivity index (χ4n) is 3.05. The maximum absolute atomic E-state index is 12.4. The summed E-state index contributed by atoms with van der Waals surface area (Å²) in [5.41, 5.74) is 5.48. The zero-order valence-electron chi connectivity index (χ0n) is 15.4. The zero-order valence-corrected chi connectivity index (χ0v) is 15.4. The van der Waals surface area contributed by atoms with Gasteiger partial charge in [0.2, 0.25) is 5.96 Å². The summed E-state index contributed by atoms with van der Waals surface area (Å²) in [6.07, 6.45) is 2.95. The van der Waals surface area contributed by atoms with E-state index in [-0.39, 0.29) is 5.91 Å². The van der Waals surface area contributed by atoms with E-state index in [1.165, 1.54) is 0 Å². The molecule has 1 aliphatic rings. The van der Waals surface area contributed by atoms with Gasteiger partial charge in [-0.15, -0.1) is 0 Å². The molecule has 136 valence electrons. The van der Waals surface area contributed by atoms with Crippen LogP contribution in [0.3, 0.4) is 0 Å². The van der Waals surface area contributed by atoms with Crippen molar-refractivity contribution in [3.05, 3.63) is 58.9 Å². The van der Waals surface area contributed by atoms with E-state index in [9.17, 15) is 4.79 Å². The van der Waals surface area contributed by atoms with Crippen molar-refractivity contribution in [1.29, 1.82) is 0 Å². The fourth-order valence-corrected chi connectivity index (χ4v) is 3.05. The van der Waals surface area contributed by atoms with Crippen molar-refractivity contribution >= 4 is 23.3 Å². The molecule has 6 nitrogen and oxygen atoms in total. The molecule has 0 radical (unpaired) electrons. The number of anilines is 1. The van der Waals surface area contributed by atoms with Gasteiger partial charge in [0.1, 0.15) is 5.69 Å². The van der Waals surface area contributed by atoms with E-state index in [4.69, 9.17) is 0 Å². The number of aromatic amines is 1. The molecule has 2 aromatic rings.